The van der Waals surface area contributed by atoms with Gasteiger partial charge in [-0.3, -0.25) is 0 Å². The average molecular weight is 232 g/mol. The molecule has 17 heavy (non-hydrogen) atoms. The second kappa shape index (κ2) is 4.83. The van der Waals surface area contributed by atoms with Crippen LogP contribution in [-0.2, 0) is 12.8 Å². The minimum atomic E-state index is 0.721. The van der Waals surface area contributed by atoms with Crippen LogP contribution in [-0.4, -0.2) is 9.97 Å². The molecule has 1 fully saturated rings. The molecule has 0 bridgehead atoms. The summed E-state index contributed by atoms with van der Waals surface area (Å²) in [6, 6.07) is 0. The van der Waals surface area contributed by atoms with Gasteiger partial charge in [-0.25, -0.2) is 4.98 Å². The van der Waals surface area contributed by atoms with Crippen molar-refractivity contribution < 1.29 is 0 Å². The Balaban J connectivity index is 1.79. The molecule has 0 aliphatic heterocycles. The quantitative estimate of drug-likeness (QED) is 0.729. The highest BCUT2D eigenvalue weighted by molar-refractivity contribution is 5.20. The number of nitrogens with one attached hydrogen (secondary N) is 1. The maximum absolute atomic E-state index is 4.89. The van der Waals surface area contributed by atoms with Crippen molar-refractivity contribution in [1.29, 1.82) is 0 Å². The van der Waals surface area contributed by atoms with E-state index in [-0.39, 0.29) is 0 Å². The summed E-state index contributed by atoms with van der Waals surface area (Å²) in [7, 11) is 0. The molecule has 0 amide bonds. The molecule has 1 unspecified atom stereocenters. The molecule has 3 rings (SSSR count). The second-order valence-corrected chi connectivity index (χ2v) is 6.08. The van der Waals surface area contributed by atoms with Crippen LogP contribution in [0, 0.1) is 5.92 Å². The summed E-state index contributed by atoms with van der Waals surface area (Å²) in [5, 5.41) is 0. The van der Waals surface area contributed by atoms with Gasteiger partial charge in [-0.05, 0) is 38.0 Å². The second-order valence-electron chi connectivity index (χ2n) is 6.08. The highest BCUT2D eigenvalue weighted by Crippen LogP contribution is 2.32. The highest BCUT2D eigenvalue weighted by Gasteiger charge is 2.23. The Hall–Kier alpha value is -0.790. The van der Waals surface area contributed by atoms with Crippen molar-refractivity contribution in [2.24, 2.45) is 5.92 Å². The number of aromatic amines is 1. The molecule has 1 saturated carbocycles. The van der Waals surface area contributed by atoms with Crippen LogP contribution < -0.4 is 0 Å². The van der Waals surface area contributed by atoms with Crippen molar-refractivity contribution in [3.8, 4) is 0 Å². The van der Waals surface area contributed by atoms with E-state index in [0.29, 0.717) is 0 Å². The SMILES string of the molecule is CC1CCc2nc(C3CCCCCC3)[nH]c2C1. The molecule has 2 heteroatoms. The molecule has 1 aromatic heterocycles. The summed E-state index contributed by atoms with van der Waals surface area (Å²) in [5.41, 5.74) is 2.82. The summed E-state index contributed by atoms with van der Waals surface area (Å²) >= 11 is 0. The van der Waals surface area contributed by atoms with E-state index in [4.69, 9.17) is 4.98 Å². The van der Waals surface area contributed by atoms with Crippen molar-refractivity contribution in [2.75, 3.05) is 0 Å². The van der Waals surface area contributed by atoms with E-state index in [1.807, 2.05) is 0 Å². The van der Waals surface area contributed by atoms with Gasteiger partial charge in [0, 0.05) is 11.6 Å². The smallest absolute Gasteiger partial charge is 0.109 e. The minimum absolute atomic E-state index is 0.721. The number of fused-ring (bicyclic) bond motifs is 1. The zero-order valence-corrected chi connectivity index (χ0v) is 11.0. The third-order valence-corrected chi connectivity index (χ3v) is 4.55. The maximum Gasteiger partial charge on any atom is 0.109 e. The standard InChI is InChI=1S/C15H24N2/c1-11-8-9-13-14(10-11)17-15(16-13)12-6-4-2-3-5-7-12/h11-12H,2-10H2,1H3,(H,16,17). The monoisotopic (exact) mass is 232 g/mol. The number of aryl methyl sites for hydroxylation is 1. The van der Waals surface area contributed by atoms with Crippen LogP contribution in [0.4, 0.5) is 0 Å². The third-order valence-electron chi connectivity index (χ3n) is 4.55. The fourth-order valence-electron chi connectivity index (χ4n) is 3.42. The first-order chi connectivity index (χ1) is 8.33. The Morgan fingerprint density at radius 2 is 1.82 bits per heavy atom. The van der Waals surface area contributed by atoms with Gasteiger partial charge in [-0.2, -0.15) is 0 Å². The van der Waals surface area contributed by atoms with Gasteiger partial charge in [0.15, 0.2) is 0 Å². The van der Waals surface area contributed by atoms with Crippen LogP contribution in [0.15, 0.2) is 0 Å². The molecule has 0 saturated heterocycles. The van der Waals surface area contributed by atoms with Crippen LogP contribution in [0.3, 0.4) is 0 Å². The van der Waals surface area contributed by atoms with Crippen LogP contribution in [0.25, 0.3) is 0 Å². The van der Waals surface area contributed by atoms with Gasteiger partial charge < -0.3 is 4.98 Å². The molecule has 94 valence electrons. The number of nitrogens with zero attached hydrogens (tertiary/aromatic N) is 1. The third kappa shape index (κ3) is 2.41. The van der Waals surface area contributed by atoms with Gasteiger partial charge in [0.2, 0.25) is 0 Å². The van der Waals surface area contributed by atoms with Gasteiger partial charge in [0.1, 0.15) is 5.82 Å². The number of aromatic nitrogens is 2. The van der Waals surface area contributed by atoms with Crippen molar-refractivity contribution >= 4 is 0 Å². The molecule has 0 spiro atoms. The number of hydrogen-bond acceptors (Lipinski definition) is 1. The van der Waals surface area contributed by atoms with Gasteiger partial charge in [0.05, 0.1) is 5.69 Å². The summed E-state index contributed by atoms with van der Waals surface area (Å²) in [6.07, 6.45) is 12.1. The molecule has 1 N–H and O–H groups in total. The molecule has 2 nitrogen and oxygen atoms in total. The fourth-order valence-corrected chi connectivity index (χ4v) is 3.42. The maximum atomic E-state index is 4.89. The van der Waals surface area contributed by atoms with E-state index in [1.165, 1.54) is 75.0 Å². The van der Waals surface area contributed by atoms with Crippen LogP contribution >= 0.6 is 0 Å². The fraction of sp³-hybridized carbons (Fsp3) is 0.800. The Morgan fingerprint density at radius 1 is 1.06 bits per heavy atom. The molecule has 2 aliphatic carbocycles. The van der Waals surface area contributed by atoms with Crippen LogP contribution in [0.2, 0.25) is 0 Å². The molecule has 0 aromatic carbocycles. The van der Waals surface area contributed by atoms with E-state index in [2.05, 4.69) is 11.9 Å². The molecular formula is C15H24N2. The summed E-state index contributed by atoms with van der Waals surface area (Å²) in [5.74, 6) is 2.87. The Bertz CT molecular complexity index is 372. The normalized spacial score (nSPS) is 26.5. The van der Waals surface area contributed by atoms with Crippen molar-refractivity contribution in [3.05, 3.63) is 17.2 Å². The van der Waals surface area contributed by atoms with Crippen LogP contribution in [0.5, 0.6) is 0 Å². The van der Waals surface area contributed by atoms with Gasteiger partial charge in [-0.1, -0.05) is 32.6 Å². The Kier molecular flexibility index (Phi) is 3.21. The average Bonchev–Trinajstić information content (AvgIpc) is 2.57. The summed E-state index contributed by atoms with van der Waals surface area (Å²) in [6.45, 7) is 2.36. The topological polar surface area (TPSA) is 28.7 Å². The Labute approximate surface area is 104 Å². The van der Waals surface area contributed by atoms with Gasteiger partial charge in [0.25, 0.3) is 0 Å². The number of rotatable bonds is 1. The van der Waals surface area contributed by atoms with Gasteiger partial charge in [-0.15, -0.1) is 0 Å². The molecule has 1 aromatic rings. The number of H-pyrrole nitrogens is 1. The largest absolute Gasteiger partial charge is 0.345 e. The lowest BCUT2D eigenvalue weighted by Crippen LogP contribution is -2.10. The van der Waals surface area contributed by atoms with Gasteiger partial charge >= 0.3 is 0 Å². The Morgan fingerprint density at radius 3 is 2.59 bits per heavy atom. The number of imidazole rings is 1. The zero-order chi connectivity index (χ0) is 11.7. The zero-order valence-electron chi connectivity index (χ0n) is 11.0. The summed E-state index contributed by atoms with van der Waals surface area (Å²) in [4.78, 5) is 8.55. The summed E-state index contributed by atoms with van der Waals surface area (Å²) < 4.78 is 0. The van der Waals surface area contributed by atoms with E-state index >= 15 is 0 Å². The van der Waals surface area contributed by atoms with E-state index in [9.17, 15) is 0 Å². The first-order valence-corrected chi connectivity index (χ1v) is 7.40. The van der Waals surface area contributed by atoms with Crippen LogP contribution in [0.1, 0.15) is 75.0 Å². The predicted molar refractivity (Wildman–Crippen MR) is 70.2 cm³/mol. The number of hydrogen-bond donors (Lipinski definition) is 1. The lowest BCUT2D eigenvalue weighted by atomic mass is 9.92. The lowest BCUT2D eigenvalue weighted by molar-refractivity contribution is 0.491. The first-order valence-electron chi connectivity index (χ1n) is 7.40. The van der Waals surface area contributed by atoms with Crippen molar-refractivity contribution in [1.82, 2.24) is 9.97 Å². The predicted octanol–water partition coefficient (Wildman–Crippen LogP) is 3.97. The molecule has 2 aliphatic rings. The lowest BCUT2D eigenvalue weighted by Gasteiger charge is -2.15. The van der Waals surface area contributed by atoms with E-state index in [1.54, 1.807) is 0 Å². The van der Waals surface area contributed by atoms with E-state index in [0.717, 1.165) is 11.8 Å². The first kappa shape index (κ1) is 11.3. The molecule has 0 radical (unpaired) electrons. The highest BCUT2D eigenvalue weighted by atomic mass is 14.9. The minimum Gasteiger partial charge on any atom is -0.345 e. The molecule has 1 heterocycles. The molecular weight excluding hydrogens is 208 g/mol. The van der Waals surface area contributed by atoms with E-state index < -0.39 is 0 Å². The molecule has 1 atom stereocenters. The van der Waals surface area contributed by atoms with Crippen molar-refractivity contribution in [2.45, 2.75) is 70.6 Å². The van der Waals surface area contributed by atoms with Crippen molar-refractivity contribution in [3.63, 3.8) is 0 Å².